The van der Waals surface area contributed by atoms with Gasteiger partial charge in [0.25, 0.3) is 5.91 Å². The number of amides is 1. The van der Waals surface area contributed by atoms with E-state index < -0.39 is 5.60 Å². The Kier molecular flexibility index (Phi) is 4.85. The number of thiophene rings is 1. The summed E-state index contributed by atoms with van der Waals surface area (Å²) in [7, 11) is 0. The van der Waals surface area contributed by atoms with Crippen molar-refractivity contribution in [1.29, 1.82) is 0 Å². The molecule has 1 saturated carbocycles. The van der Waals surface area contributed by atoms with Gasteiger partial charge in [0.15, 0.2) is 0 Å². The summed E-state index contributed by atoms with van der Waals surface area (Å²) in [6, 6.07) is 3.96. The van der Waals surface area contributed by atoms with Gasteiger partial charge in [0, 0.05) is 6.04 Å². The minimum Gasteiger partial charge on any atom is -0.378 e. The zero-order valence-electron chi connectivity index (χ0n) is 12.0. The van der Waals surface area contributed by atoms with Crippen LogP contribution < -0.4 is 5.32 Å². The maximum atomic E-state index is 12.1. The normalized spacial score (nSPS) is 16.4. The molecule has 0 spiro atoms. The van der Waals surface area contributed by atoms with Crippen LogP contribution in [0.3, 0.4) is 0 Å². The Morgan fingerprint density at radius 1 is 1.35 bits per heavy atom. The Balaban J connectivity index is 1.97. The van der Waals surface area contributed by atoms with Crippen molar-refractivity contribution >= 4 is 17.2 Å². The summed E-state index contributed by atoms with van der Waals surface area (Å²) in [6.45, 7) is 3.29. The molecule has 1 amide bonds. The molecule has 2 N–H and O–H groups in total. The third-order valence-electron chi connectivity index (χ3n) is 3.26. The lowest BCUT2D eigenvalue weighted by Crippen LogP contribution is -2.35. The number of hydrogen-bond donors (Lipinski definition) is 2. The Bertz CT molecular complexity index is 525. The zero-order valence-corrected chi connectivity index (χ0v) is 12.8. The lowest BCUT2D eigenvalue weighted by molar-refractivity contribution is 0.0932. The predicted molar refractivity (Wildman–Crippen MR) is 81.8 cm³/mol. The molecule has 1 heterocycles. The number of rotatable bonds is 2. The Morgan fingerprint density at radius 3 is 2.70 bits per heavy atom. The van der Waals surface area contributed by atoms with Crippen molar-refractivity contribution in [3.63, 3.8) is 0 Å². The zero-order chi connectivity index (χ0) is 14.6. The predicted octanol–water partition coefficient (Wildman–Crippen LogP) is 2.93. The molecule has 1 fully saturated rings. The first-order valence-electron chi connectivity index (χ1n) is 7.10. The molecule has 108 valence electrons. The van der Waals surface area contributed by atoms with Gasteiger partial charge < -0.3 is 10.4 Å². The topological polar surface area (TPSA) is 49.3 Å². The lowest BCUT2D eigenvalue weighted by atomic mass is 9.95. The van der Waals surface area contributed by atoms with Crippen molar-refractivity contribution in [2.75, 3.05) is 0 Å². The second kappa shape index (κ2) is 6.43. The van der Waals surface area contributed by atoms with E-state index in [4.69, 9.17) is 0 Å². The first-order chi connectivity index (χ1) is 9.44. The van der Waals surface area contributed by atoms with Crippen LogP contribution in [0.15, 0.2) is 12.1 Å². The molecule has 0 unspecified atom stereocenters. The van der Waals surface area contributed by atoms with Crippen LogP contribution in [0.4, 0.5) is 0 Å². The molecule has 1 aliphatic rings. The molecule has 0 atom stereocenters. The maximum Gasteiger partial charge on any atom is 0.261 e. The molecular weight excluding hydrogens is 270 g/mol. The SMILES string of the molecule is CC(C)(O)C#Cc1ccc(C(=O)NC2CCCCC2)s1. The van der Waals surface area contributed by atoms with Crippen LogP contribution in [0.1, 0.15) is 60.5 Å². The van der Waals surface area contributed by atoms with Crippen molar-refractivity contribution in [3.05, 3.63) is 21.9 Å². The summed E-state index contributed by atoms with van der Waals surface area (Å²) in [6.07, 6.45) is 5.86. The molecule has 0 aromatic carbocycles. The van der Waals surface area contributed by atoms with Crippen molar-refractivity contribution < 1.29 is 9.90 Å². The molecule has 1 aliphatic carbocycles. The van der Waals surface area contributed by atoms with Crippen LogP contribution in [-0.2, 0) is 0 Å². The van der Waals surface area contributed by atoms with Crippen LogP contribution >= 0.6 is 11.3 Å². The number of nitrogens with one attached hydrogen (secondary N) is 1. The third-order valence-corrected chi connectivity index (χ3v) is 4.26. The minimum atomic E-state index is -1.01. The Morgan fingerprint density at radius 2 is 2.05 bits per heavy atom. The summed E-state index contributed by atoms with van der Waals surface area (Å²) < 4.78 is 0. The van der Waals surface area contributed by atoms with E-state index in [1.807, 2.05) is 6.07 Å². The van der Waals surface area contributed by atoms with Gasteiger partial charge in [0.2, 0.25) is 0 Å². The molecule has 0 aliphatic heterocycles. The van der Waals surface area contributed by atoms with Gasteiger partial charge >= 0.3 is 0 Å². The van der Waals surface area contributed by atoms with Crippen molar-refractivity contribution in [1.82, 2.24) is 5.32 Å². The molecular formula is C16H21NO2S. The average molecular weight is 291 g/mol. The standard InChI is InChI=1S/C16H21NO2S/c1-16(2,19)11-10-13-8-9-14(20-13)15(18)17-12-6-4-3-5-7-12/h8-9,12,19H,3-7H2,1-2H3,(H,17,18). The van der Waals surface area contributed by atoms with E-state index in [9.17, 15) is 9.90 Å². The average Bonchev–Trinajstić information content (AvgIpc) is 2.86. The number of carbonyl (C=O) groups excluding carboxylic acids is 1. The first kappa shape index (κ1) is 15.1. The van der Waals surface area contributed by atoms with Gasteiger partial charge in [-0.2, -0.15) is 0 Å². The summed E-state index contributed by atoms with van der Waals surface area (Å²) in [5.74, 6) is 5.66. The molecule has 1 aromatic rings. The summed E-state index contributed by atoms with van der Waals surface area (Å²) in [5, 5.41) is 12.7. The largest absolute Gasteiger partial charge is 0.378 e. The quantitative estimate of drug-likeness (QED) is 0.823. The van der Waals surface area contributed by atoms with E-state index in [0.29, 0.717) is 10.9 Å². The van der Waals surface area contributed by atoms with Crippen molar-refractivity contribution in [2.24, 2.45) is 0 Å². The highest BCUT2D eigenvalue weighted by Crippen LogP contribution is 2.20. The van der Waals surface area contributed by atoms with Gasteiger partial charge in [-0.25, -0.2) is 0 Å². The summed E-state index contributed by atoms with van der Waals surface area (Å²) >= 11 is 1.37. The number of hydrogen-bond acceptors (Lipinski definition) is 3. The molecule has 1 aromatic heterocycles. The van der Waals surface area contributed by atoms with E-state index in [0.717, 1.165) is 17.7 Å². The summed E-state index contributed by atoms with van der Waals surface area (Å²) in [5.41, 5.74) is -1.01. The van der Waals surface area contributed by atoms with Crippen LogP contribution in [0.2, 0.25) is 0 Å². The fourth-order valence-corrected chi connectivity index (χ4v) is 3.01. The lowest BCUT2D eigenvalue weighted by Gasteiger charge is -2.22. The Labute approximate surface area is 124 Å². The second-order valence-corrected chi connectivity index (χ2v) is 6.87. The highest BCUT2D eigenvalue weighted by molar-refractivity contribution is 7.14. The molecule has 4 heteroatoms. The third kappa shape index (κ3) is 4.66. The molecule has 20 heavy (non-hydrogen) atoms. The van der Waals surface area contributed by atoms with Crippen molar-refractivity contribution in [2.45, 2.75) is 57.6 Å². The van der Waals surface area contributed by atoms with Crippen LogP contribution in [0, 0.1) is 11.8 Å². The highest BCUT2D eigenvalue weighted by atomic mass is 32.1. The van der Waals surface area contributed by atoms with Crippen LogP contribution in [0.25, 0.3) is 0 Å². The molecule has 0 bridgehead atoms. The van der Waals surface area contributed by atoms with E-state index in [-0.39, 0.29) is 5.91 Å². The number of carbonyl (C=O) groups is 1. The van der Waals surface area contributed by atoms with E-state index in [2.05, 4.69) is 17.2 Å². The number of aliphatic hydroxyl groups is 1. The fourth-order valence-electron chi connectivity index (χ4n) is 2.25. The van der Waals surface area contributed by atoms with Crippen LogP contribution in [-0.4, -0.2) is 22.7 Å². The first-order valence-corrected chi connectivity index (χ1v) is 7.92. The smallest absolute Gasteiger partial charge is 0.261 e. The fraction of sp³-hybridized carbons (Fsp3) is 0.562. The van der Waals surface area contributed by atoms with Gasteiger partial charge in [0.05, 0.1) is 9.75 Å². The molecule has 0 saturated heterocycles. The molecule has 0 radical (unpaired) electrons. The van der Waals surface area contributed by atoms with Crippen molar-refractivity contribution in [3.8, 4) is 11.8 Å². The second-order valence-electron chi connectivity index (χ2n) is 5.78. The monoisotopic (exact) mass is 291 g/mol. The van der Waals surface area contributed by atoms with Gasteiger partial charge in [-0.1, -0.05) is 31.1 Å². The summed E-state index contributed by atoms with van der Waals surface area (Å²) in [4.78, 5) is 13.6. The highest BCUT2D eigenvalue weighted by Gasteiger charge is 2.17. The van der Waals surface area contributed by atoms with E-state index in [1.54, 1.807) is 19.9 Å². The van der Waals surface area contributed by atoms with Crippen LogP contribution in [0.5, 0.6) is 0 Å². The van der Waals surface area contributed by atoms with Gasteiger partial charge in [0.1, 0.15) is 5.60 Å². The molecule has 3 nitrogen and oxygen atoms in total. The minimum absolute atomic E-state index is 0.00166. The van der Waals surface area contributed by atoms with E-state index >= 15 is 0 Å². The maximum absolute atomic E-state index is 12.1. The van der Waals surface area contributed by atoms with Gasteiger partial charge in [-0.15, -0.1) is 11.3 Å². The van der Waals surface area contributed by atoms with E-state index in [1.165, 1.54) is 30.6 Å². The molecule has 2 rings (SSSR count). The Hall–Kier alpha value is -1.31. The van der Waals surface area contributed by atoms with Gasteiger partial charge in [-0.05, 0) is 38.8 Å². The van der Waals surface area contributed by atoms with Gasteiger partial charge in [-0.3, -0.25) is 4.79 Å².